The quantitative estimate of drug-likeness (QED) is 0.202. The predicted octanol–water partition coefficient (Wildman–Crippen LogP) is 0.238. The monoisotopic (exact) mass is 464 g/mol. The van der Waals surface area contributed by atoms with E-state index in [4.69, 9.17) is 5.73 Å². The molecule has 0 spiro atoms. The highest BCUT2D eigenvalue weighted by Gasteiger charge is 2.31. The summed E-state index contributed by atoms with van der Waals surface area (Å²) < 4.78 is 0. The Kier molecular flexibility index (Phi) is 13.8. The number of rotatable bonds is 14. The summed E-state index contributed by atoms with van der Waals surface area (Å²) in [6, 6.07) is -3.74. The molecule has 0 saturated carbocycles. The van der Waals surface area contributed by atoms with Gasteiger partial charge in [-0.25, -0.2) is 4.79 Å². The van der Waals surface area contributed by atoms with Crippen molar-refractivity contribution in [3.63, 3.8) is 0 Å². The van der Waals surface area contributed by atoms with Crippen molar-refractivity contribution in [2.75, 3.05) is 17.8 Å². The van der Waals surface area contributed by atoms with Gasteiger partial charge in [0.25, 0.3) is 0 Å². The lowest BCUT2D eigenvalue weighted by molar-refractivity contribution is -0.143. The van der Waals surface area contributed by atoms with Gasteiger partial charge in [0, 0.05) is 5.75 Å². The molecule has 174 valence electrons. The molecule has 0 bridgehead atoms. The fraction of sp³-hybridized carbons (Fsp3) is 0.789. The van der Waals surface area contributed by atoms with Crippen molar-refractivity contribution in [1.29, 1.82) is 0 Å². The summed E-state index contributed by atoms with van der Waals surface area (Å²) in [4.78, 5) is 49.1. The summed E-state index contributed by atoms with van der Waals surface area (Å²) in [5, 5.41) is 17.1. The van der Waals surface area contributed by atoms with Crippen LogP contribution >= 0.6 is 24.4 Å². The van der Waals surface area contributed by atoms with Crippen molar-refractivity contribution >= 4 is 48.1 Å². The van der Waals surface area contributed by atoms with Gasteiger partial charge in [-0.3, -0.25) is 14.4 Å². The van der Waals surface area contributed by atoms with E-state index >= 15 is 0 Å². The topological polar surface area (TPSA) is 151 Å². The lowest BCUT2D eigenvalue weighted by Gasteiger charge is -2.26. The molecule has 0 aromatic rings. The number of carboxylic acid groups (broad SMARTS) is 1. The lowest BCUT2D eigenvalue weighted by Crippen LogP contribution is -2.58. The van der Waals surface area contributed by atoms with Crippen LogP contribution in [0.2, 0.25) is 0 Å². The summed E-state index contributed by atoms with van der Waals surface area (Å²) in [6.45, 7) is 7.15. The highest BCUT2D eigenvalue weighted by atomic mass is 32.2. The Morgan fingerprint density at radius 1 is 1.00 bits per heavy atom. The first-order valence-corrected chi connectivity index (χ1v) is 12.0. The van der Waals surface area contributed by atoms with Crippen molar-refractivity contribution in [3.05, 3.63) is 0 Å². The molecule has 30 heavy (non-hydrogen) atoms. The SMILES string of the molecule is CCC(C)C(NC(=O)C(CCSC)NC(=O)C(CS)NC(=O)C(N)C(C)C)C(=O)O. The lowest BCUT2D eigenvalue weighted by atomic mass is 9.98. The third-order valence-corrected chi connectivity index (χ3v) is 5.87. The average Bonchev–Trinajstić information content (AvgIpc) is 2.70. The van der Waals surface area contributed by atoms with Crippen LogP contribution in [0.1, 0.15) is 40.5 Å². The molecule has 3 amide bonds. The molecule has 5 unspecified atom stereocenters. The smallest absolute Gasteiger partial charge is 0.326 e. The number of hydrogen-bond acceptors (Lipinski definition) is 7. The first-order valence-electron chi connectivity index (χ1n) is 9.99. The van der Waals surface area contributed by atoms with Crippen LogP contribution in [0, 0.1) is 11.8 Å². The molecule has 0 aliphatic carbocycles. The van der Waals surface area contributed by atoms with Crippen LogP contribution < -0.4 is 21.7 Å². The van der Waals surface area contributed by atoms with Crippen LogP contribution in [0.25, 0.3) is 0 Å². The highest BCUT2D eigenvalue weighted by Crippen LogP contribution is 2.10. The molecule has 0 radical (unpaired) electrons. The maximum atomic E-state index is 12.7. The van der Waals surface area contributed by atoms with Gasteiger partial charge in [0.05, 0.1) is 6.04 Å². The zero-order chi connectivity index (χ0) is 23.4. The molecule has 6 N–H and O–H groups in total. The average molecular weight is 465 g/mol. The largest absolute Gasteiger partial charge is 0.480 e. The normalized spacial score (nSPS) is 16.1. The molecule has 5 atom stereocenters. The van der Waals surface area contributed by atoms with E-state index in [1.165, 1.54) is 11.8 Å². The molecule has 0 aliphatic heterocycles. The summed E-state index contributed by atoms with van der Waals surface area (Å²) in [5.74, 6) is -2.55. The van der Waals surface area contributed by atoms with Crippen molar-refractivity contribution in [2.24, 2.45) is 17.6 Å². The number of nitrogens with two attached hydrogens (primary N) is 1. The minimum Gasteiger partial charge on any atom is -0.480 e. The predicted molar refractivity (Wildman–Crippen MR) is 123 cm³/mol. The molecule has 0 rings (SSSR count). The van der Waals surface area contributed by atoms with Gasteiger partial charge >= 0.3 is 5.97 Å². The van der Waals surface area contributed by atoms with E-state index in [0.717, 1.165) is 0 Å². The van der Waals surface area contributed by atoms with E-state index in [2.05, 4.69) is 28.6 Å². The zero-order valence-electron chi connectivity index (χ0n) is 18.3. The molecular weight excluding hydrogens is 428 g/mol. The molecule has 9 nitrogen and oxygen atoms in total. The van der Waals surface area contributed by atoms with E-state index in [0.29, 0.717) is 18.6 Å². The number of carbonyl (C=O) groups excluding carboxylic acids is 3. The van der Waals surface area contributed by atoms with Crippen LogP contribution in [-0.2, 0) is 19.2 Å². The second kappa shape index (κ2) is 14.5. The Labute approximate surface area is 188 Å². The van der Waals surface area contributed by atoms with E-state index in [1.807, 2.05) is 13.2 Å². The Morgan fingerprint density at radius 2 is 1.53 bits per heavy atom. The van der Waals surface area contributed by atoms with Crippen LogP contribution in [0.4, 0.5) is 0 Å². The number of amides is 3. The zero-order valence-corrected chi connectivity index (χ0v) is 20.0. The van der Waals surface area contributed by atoms with Gasteiger partial charge in [0.1, 0.15) is 18.1 Å². The van der Waals surface area contributed by atoms with E-state index < -0.39 is 47.9 Å². The number of carbonyl (C=O) groups is 4. The third-order valence-electron chi connectivity index (χ3n) is 4.86. The molecule has 0 heterocycles. The number of hydrogen-bond donors (Lipinski definition) is 6. The molecule has 0 aromatic heterocycles. The fourth-order valence-corrected chi connectivity index (χ4v) is 3.21. The standard InChI is InChI=1S/C19H36N4O5S2/c1-6-11(4)15(19(27)28)23-16(24)12(7-8-30-5)21-17(25)13(9-29)22-18(26)14(20)10(2)3/h10-15,29H,6-9,20H2,1-5H3,(H,21,25)(H,22,26)(H,23,24)(H,27,28). The number of thiol groups is 1. The van der Waals surface area contributed by atoms with Crippen molar-refractivity contribution in [2.45, 2.75) is 64.7 Å². The Hall–Kier alpha value is -1.46. The van der Waals surface area contributed by atoms with E-state index in [9.17, 15) is 24.3 Å². The van der Waals surface area contributed by atoms with Crippen LogP contribution in [0.5, 0.6) is 0 Å². The highest BCUT2D eigenvalue weighted by molar-refractivity contribution is 7.98. The second-order valence-electron chi connectivity index (χ2n) is 7.57. The van der Waals surface area contributed by atoms with Crippen LogP contribution in [0.3, 0.4) is 0 Å². The summed E-state index contributed by atoms with van der Waals surface area (Å²) >= 11 is 5.61. The van der Waals surface area contributed by atoms with Gasteiger partial charge in [-0.1, -0.05) is 34.1 Å². The molecule has 11 heteroatoms. The third kappa shape index (κ3) is 9.57. The van der Waals surface area contributed by atoms with Gasteiger partial charge in [0.15, 0.2) is 0 Å². The van der Waals surface area contributed by atoms with Gasteiger partial charge in [0.2, 0.25) is 17.7 Å². The van der Waals surface area contributed by atoms with E-state index in [-0.39, 0.29) is 17.6 Å². The Bertz CT molecular complexity index is 591. The number of nitrogens with one attached hydrogen (secondary N) is 3. The van der Waals surface area contributed by atoms with Gasteiger partial charge in [-0.15, -0.1) is 0 Å². The Balaban J connectivity index is 5.28. The summed E-state index contributed by atoms with van der Waals surface area (Å²) in [7, 11) is 0. The van der Waals surface area contributed by atoms with Gasteiger partial charge in [-0.2, -0.15) is 24.4 Å². The minimum absolute atomic E-state index is 0.0177. The maximum Gasteiger partial charge on any atom is 0.326 e. The molecule has 0 aromatic carbocycles. The first-order chi connectivity index (χ1) is 14.0. The first kappa shape index (κ1) is 28.5. The molecule has 0 aliphatic rings. The van der Waals surface area contributed by atoms with Crippen LogP contribution in [0.15, 0.2) is 0 Å². The summed E-state index contributed by atoms with van der Waals surface area (Å²) in [5.41, 5.74) is 5.81. The number of thioether (sulfide) groups is 1. The number of carboxylic acids is 1. The van der Waals surface area contributed by atoms with E-state index in [1.54, 1.807) is 20.8 Å². The maximum absolute atomic E-state index is 12.7. The van der Waals surface area contributed by atoms with Crippen LogP contribution in [-0.4, -0.2) is 70.7 Å². The molecule has 0 saturated heterocycles. The Morgan fingerprint density at radius 3 is 1.97 bits per heavy atom. The molecular formula is C19H36N4O5S2. The van der Waals surface area contributed by atoms with Crippen molar-refractivity contribution < 1.29 is 24.3 Å². The van der Waals surface area contributed by atoms with Gasteiger partial charge < -0.3 is 26.8 Å². The van der Waals surface area contributed by atoms with Gasteiger partial charge in [-0.05, 0) is 30.3 Å². The molecule has 0 fully saturated rings. The second-order valence-corrected chi connectivity index (χ2v) is 8.92. The van der Waals surface area contributed by atoms with Crippen molar-refractivity contribution in [3.8, 4) is 0 Å². The fourth-order valence-electron chi connectivity index (χ4n) is 2.48. The summed E-state index contributed by atoms with van der Waals surface area (Å²) in [6.07, 6.45) is 2.74. The minimum atomic E-state index is -1.13. The van der Waals surface area contributed by atoms with Crippen molar-refractivity contribution in [1.82, 2.24) is 16.0 Å². The number of aliphatic carboxylic acids is 1.